The van der Waals surface area contributed by atoms with Crippen molar-refractivity contribution in [3.05, 3.63) is 94.5 Å². The number of nitrogens with one attached hydrogen (secondary N) is 1. The number of carbonyl (C=O) groups is 1. The Morgan fingerprint density at radius 3 is 2.29 bits per heavy atom. The largest absolute Gasteiger partial charge is 0.354 e. The summed E-state index contributed by atoms with van der Waals surface area (Å²) in [6, 6.07) is 21.0. The zero-order valence-corrected chi connectivity index (χ0v) is 19.1. The molecule has 0 saturated carbocycles. The summed E-state index contributed by atoms with van der Waals surface area (Å²) in [7, 11) is -3.91. The number of aryl methyl sites for hydroxylation is 1. The zero-order valence-electron chi connectivity index (χ0n) is 17.5. The van der Waals surface area contributed by atoms with Gasteiger partial charge in [0.1, 0.15) is 6.54 Å². The molecule has 0 fully saturated rings. The van der Waals surface area contributed by atoms with Gasteiger partial charge in [0, 0.05) is 11.6 Å². The third-order valence-electron chi connectivity index (χ3n) is 5.11. The van der Waals surface area contributed by atoms with Crippen LogP contribution in [-0.4, -0.2) is 27.4 Å². The number of carbonyl (C=O) groups excluding carboxylic acids is 1. The molecule has 0 aliphatic heterocycles. The zero-order chi connectivity index (χ0) is 22.4. The lowest BCUT2D eigenvalue weighted by molar-refractivity contribution is -0.119. The van der Waals surface area contributed by atoms with Crippen molar-refractivity contribution in [1.82, 2.24) is 5.32 Å². The molecule has 3 aromatic rings. The van der Waals surface area contributed by atoms with Crippen molar-refractivity contribution in [3.63, 3.8) is 0 Å². The Labute approximate surface area is 188 Å². The summed E-state index contributed by atoms with van der Waals surface area (Å²) >= 11 is 5.90. The maximum Gasteiger partial charge on any atom is 0.264 e. The van der Waals surface area contributed by atoms with Crippen LogP contribution >= 0.6 is 11.6 Å². The molecule has 0 heterocycles. The Balaban J connectivity index is 1.80. The summed E-state index contributed by atoms with van der Waals surface area (Å²) in [5.74, 6) is -0.366. The SMILES string of the molecule is Cc1cccc(N(CC(=O)NCCc2ccc(Cl)cc2)S(=O)(=O)c2ccccc2)c1C. The summed E-state index contributed by atoms with van der Waals surface area (Å²) in [6.07, 6.45) is 0.623. The summed E-state index contributed by atoms with van der Waals surface area (Å²) in [6.45, 7) is 3.86. The van der Waals surface area contributed by atoms with Crippen molar-refractivity contribution in [2.75, 3.05) is 17.4 Å². The molecule has 0 aliphatic carbocycles. The van der Waals surface area contributed by atoms with E-state index in [1.54, 1.807) is 42.5 Å². The third-order valence-corrected chi connectivity index (χ3v) is 7.14. The Bertz CT molecular complexity index is 1150. The first-order chi connectivity index (χ1) is 14.8. The van der Waals surface area contributed by atoms with E-state index in [-0.39, 0.29) is 17.3 Å². The van der Waals surface area contributed by atoms with Gasteiger partial charge in [-0.2, -0.15) is 0 Å². The number of rotatable bonds is 8. The lowest BCUT2D eigenvalue weighted by Gasteiger charge is -2.26. The number of hydrogen-bond acceptors (Lipinski definition) is 3. The van der Waals surface area contributed by atoms with Crippen molar-refractivity contribution in [2.24, 2.45) is 0 Å². The summed E-state index contributed by atoms with van der Waals surface area (Å²) < 4.78 is 28.0. The minimum Gasteiger partial charge on any atom is -0.354 e. The molecular weight excluding hydrogens is 432 g/mol. The predicted molar refractivity (Wildman–Crippen MR) is 125 cm³/mol. The summed E-state index contributed by atoms with van der Waals surface area (Å²) in [5.41, 5.74) is 3.30. The molecule has 31 heavy (non-hydrogen) atoms. The Hall–Kier alpha value is -2.83. The van der Waals surface area contributed by atoms with Crippen LogP contribution in [-0.2, 0) is 21.2 Å². The van der Waals surface area contributed by atoms with Gasteiger partial charge in [0.05, 0.1) is 10.6 Å². The highest BCUT2D eigenvalue weighted by molar-refractivity contribution is 7.92. The van der Waals surface area contributed by atoms with Crippen LogP contribution < -0.4 is 9.62 Å². The second-order valence-electron chi connectivity index (χ2n) is 7.27. The van der Waals surface area contributed by atoms with Crippen LogP contribution in [0.25, 0.3) is 0 Å². The van der Waals surface area contributed by atoms with Crippen LogP contribution in [0.2, 0.25) is 5.02 Å². The van der Waals surface area contributed by atoms with Gasteiger partial charge in [-0.05, 0) is 67.3 Å². The molecule has 0 bridgehead atoms. The van der Waals surface area contributed by atoms with Crippen LogP contribution in [0.1, 0.15) is 16.7 Å². The summed E-state index contributed by atoms with van der Waals surface area (Å²) in [4.78, 5) is 12.9. The van der Waals surface area contributed by atoms with Crippen molar-refractivity contribution in [2.45, 2.75) is 25.2 Å². The van der Waals surface area contributed by atoms with Gasteiger partial charge >= 0.3 is 0 Å². The highest BCUT2D eigenvalue weighted by Gasteiger charge is 2.28. The van der Waals surface area contributed by atoms with E-state index >= 15 is 0 Å². The van der Waals surface area contributed by atoms with Crippen molar-refractivity contribution < 1.29 is 13.2 Å². The van der Waals surface area contributed by atoms with Gasteiger partial charge in [-0.15, -0.1) is 0 Å². The molecule has 1 N–H and O–H groups in total. The second-order valence-corrected chi connectivity index (χ2v) is 9.57. The molecule has 0 aromatic heterocycles. The van der Waals surface area contributed by atoms with Gasteiger partial charge in [-0.3, -0.25) is 9.10 Å². The Morgan fingerprint density at radius 2 is 1.61 bits per heavy atom. The normalized spacial score (nSPS) is 11.2. The quantitative estimate of drug-likeness (QED) is 0.542. The molecule has 0 aliphatic rings. The predicted octanol–water partition coefficient (Wildman–Crippen LogP) is 4.51. The van der Waals surface area contributed by atoms with E-state index in [0.29, 0.717) is 23.7 Å². The molecular formula is C24H25ClN2O3S. The fraction of sp³-hybridized carbons (Fsp3) is 0.208. The standard InChI is InChI=1S/C24H25ClN2O3S/c1-18-7-6-10-23(19(18)2)27(31(29,30)22-8-4-3-5-9-22)17-24(28)26-16-15-20-11-13-21(25)14-12-20/h3-14H,15-17H2,1-2H3,(H,26,28). The Morgan fingerprint density at radius 1 is 0.935 bits per heavy atom. The first-order valence-electron chi connectivity index (χ1n) is 9.94. The molecule has 0 spiro atoms. The maximum atomic E-state index is 13.4. The van der Waals surface area contributed by atoms with Crippen LogP contribution in [0.4, 0.5) is 5.69 Å². The fourth-order valence-electron chi connectivity index (χ4n) is 3.21. The van der Waals surface area contributed by atoms with Gasteiger partial charge in [0.25, 0.3) is 10.0 Å². The smallest absolute Gasteiger partial charge is 0.264 e. The van der Waals surface area contributed by atoms with E-state index in [1.807, 2.05) is 32.0 Å². The number of amides is 1. The first kappa shape index (κ1) is 22.8. The molecule has 3 rings (SSSR count). The molecule has 0 unspecified atom stereocenters. The molecule has 0 radical (unpaired) electrons. The maximum absolute atomic E-state index is 13.4. The van der Waals surface area contributed by atoms with E-state index in [4.69, 9.17) is 11.6 Å². The van der Waals surface area contributed by atoms with Gasteiger partial charge in [-0.25, -0.2) is 8.42 Å². The van der Waals surface area contributed by atoms with E-state index in [9.17, 15) is 13.2 Å². The van der Waals surface area contributed by atoms with Crippen LogP contribution in [0, 0.1) is 13.8 Å². The van der Waals surface area contributed by atoms with Crippen molar-refractivity contribution in [1.29, 1.82) is 0 Å². The van der Waals surface area contributed by atoms with Gasteiger partial charge in [0.2, 0.25) is 5.91 Å². The molecule has 162 valence electrons. The fourth-order valence-corrected chi connectivity index (χ4v) is 4.83. The minimum absolute atomic E-state index is 0.143. The topological polar surface area (TPSA) is 66.5 Å². The molecule has 0 saturated heterocycles. The molecule has 7 heteroatoms. The van der Waals surface area contributed by atoms with Gasteiger partial charge in [0.15, 0.2) is 0 Å². The first-order valence-corrected chi connectivity index (χ1v) is 11.8. The van der Waals surface area contributed by atoms with Gasteiger partial charge in [-0.1, -0.05) is 54.1 Å². The third kappa shape index (κ3) is 5.66. The molecule has 3 aromatic carbocycles. The Kier molecular flexibility index (Phi) is 7.36. The molecule has 0 atom stereocenters. The van der Waals surface area contributed by atoms with Gasteiger partial charge < -0.3 is 5.32 Å². The molecule has 1 amide bonds. The molecule has 5 nitrogen and oxygen atoms in total. The van der Waals surface area contributed by atoms with Crippen molar-refractivity contribution >= 4 is 33.2 Å². The number of benzene rings is 3. The number of sulfonamides is 1. The number of anilines is 1. The van der Waals surface area contributed by atoms with Crippen molar-refractivity contribution in [3.8, 4) is 0 Å². The lowest BCUT2D eigenvalue weighted by atomic mass is 10.1. The van der Waals surface area contributed by atoms with E-state index in [2.05, 4.69) is 5.32 Å². The van der Waals surface area contributed by atoms with Crippen LogP contribution in [0.5, 0.6) is 0 Å². The average molecular weight is 457 g/mol. The number of halogens is 1. The van der Waals surface area contributed by atoms with Crippen LogP contribution in [0.3, 0.4) is 0 Å². The average Bonchev–Trinajstić information content (AvgIpc) is 2.76. The second kappa shape index (κ2) is 9.98. The highest BCUT2D eigenvalue weighted by Crippen LogP contribution is 2.28. The highest BCUT2D eigenvalue weighted by atomic mass is 35.5. The summed E-state index contributed by atoms with van der Waals surface area (Å²) in [5, 5.41) is 3.48. The number of hydrogen-bond donors (Lipinski definition) is 1. The monoisotopic (exact) mass is 456 g/mol. The number of nitrogens with zero attached hydrogens (tertiary/aromatic N) is 1. The van der Waals surface area contributed by atoms with Crippen LogP contribution in [0.15, 0.2) is 77.7 Å². The van der Waals surface area contributed by atoms with E-state index in [0.717, 1.165) is 16.7 Å². The minimum atomic E-state index is -3.91. The van der Waals surface area contributed by atoms with E-state index < -0.39 is 10.0 Å². The van der Waals surface area contributed by atoms with E-state index in [1.165, 1.54) is 16.4 Å². The lowest BCUT2D eigenvalue weighted by Crippen LogP contribution is -2.41.